The van der Waals surface area contributed by atoms with Crippen molar-refractivity contribution in [3.8, 4) is 0 Å². The predicted octanol–water partition coefficient (Wildman–Crippen LogP) is 1.44. The molecule has 1 aliphatic heterocycles. The van der Waals surface area contributed by atoms with Crippen molar-refractivity contribution < 1.29 is 13.2 Å². The molecule has 2 aliphatic rings. The van der Waals surface area contributed by atoms with Gasteiger partial charge in [-0.15, -0.1) is 5.10 Å². The highest BCUT2D eigenvalue weighted by atomic mass is 32.2. The molecule has 0 amide bonds. The number of tetrazole rings is 1. The molecule has 31 heavy (non-hydrogen) atoms. The molecule has 1 aliphatic carbocycles. The van der Waals surface area contributed by atoms with E-state index in [-0.39, 0.29) is 0 Å². The second kappa shape index (κ2) is 8.93. The first-order chi connectivity index (χ1) is 14.9. The molecule has 9 nitrogen and oxygen atoms in total. The van der Waals surface area contributed by atoms with E-state index in [0.29, 0.717) is 37.0 Å². The van der Waals surface area contributed by atoms with Crippen molar-refractivity contribution in [2.24, 2.45) is 0 Å². The van der Waals surface area contributed by atoms with Crippen LogP contribution in [0, 0.1) is 0 Å². The van der Waals surface area contributed by atoms with Crippen LogP contribution in [0.25, 0.3) is 0 Å². The van der Waals surface area contributed by atoms with Gasteiger partial charge < -0.3 is 4.74 Å². The standard InChI is InChI=1S/C21H32N6O3S/c1-25(2)21(20-22-23-24-27(20)13-14-30-3)11-6-12-26(16-21)31(28,29)19-10-9-17-7-4-5-8-18(17)15-19/h9-10,15H,4-8,11-14,16H2,1-3H3. The van der Waals surface area contributed by atoms with Crippen LogP contribution < -0.4 is 0 Å². The molecule has 1 fully saturated rings. The summed E-state index contributed by atoms with van der Waals surface area (Å²) in [6.45, 7) is 1.81. The van der Waals surface area contributed by atoms with E-state index < -0.39 is 15.6 Å². The van der Waals surface area contributed by atoms with Crippen molar-refractivity contribution in [3.63, 3.8) is 0 Å². The smallest absolute Gasteiger partial charge is 0.243 e. The number of fused-ring (bicyclic) bond motifs is 1. The van der Waals surface area contributed by atoms with Crippen LogP contribution in [0.2, 0.25) is 0 Å². The van der Waals surface area contributed by atoms with Crippen LogP contribution >= 0.6 is 0 Å². The molecule has 0 radical (unpaired) electrons. The number of methoxy groups -OCH3 is 1. The molecule has 0 spiro atoms. The monoisotopic (exact) mass is 448 g/mol. The van der Waals surface area contributed by atoms with Crippen molar-refractivity contribution in [1.29, 1.82) is 0 Å². The number of aryl methyl sites for hydroxylation is 2. The number of nitrogens with zero attached hydrogens (tertiary/aromatic N) is 6. The molecule has 170 valence electrons. The van der Waals surface area contributed by atoms with Gasteiger partial charge in [-0.25, -0.2) is 13.1 Å². The van der Waals surface area contributed by atoms with Gasteiger partial charge >= 0.3 is 0 Å². The molecule has 2 aromatic rings. The zero-order valence-electron chi connectivity index (χ0n) is 18.6. The minimum Gasteiger partial charge on any atom is -0.383 e. The topological polar surface area (TPSA) is 93.4 Å². The Kier molecular flexibility index (Phi) is 6.43. The largest absolute Gasteiger partial charge is 0.383 e. The summed E-state index contributed by atoms with van der Waals surface area (Å²) in [6.07, 6.45) is 5.80. The van der Waals surface area contributed by atoms with Gasteiger partial charge in [0.1, 0.15) is 0 Å². The molecule has 10 heteroatoms. The quantitative estimate of drug-likeness (QED) is 0.633. The first-order valence-corrected chi connectivity index (χ1v) is 12.4. The van der Waals surface area contributed by atoms with Crippen molar-refractivity contribution in [2.45, 2.75) is 55.5 Å². The summed E-state index contributed by atoms with van der Waals surface area (Å²) in [7, 11) is 1.95. The lowest BCUT2D eigenvalue weighted by Gasteiger charge is -2.45. The third-order valence-corrected chi connectivity index (χ3v) is 8.55. The number of rotatable bonds is 7. The molecule has 2 heterocycles. The fraction of sp³-hybridized carbons (Fsp3) is 0.667. The van der Waals surface area contributed by atoms with E-state index in [1.54, 1.807) is 22.2 Å². The lowest BCUT2D eigenvalue weighted by molar-refractivity contribution is 0.0620. The molecule has 1 unspecified atom stereocenters. The zero-order chi connectivity index (χ0) is 22.1. The van der Waals surface area contributed by atoms with Gasteiger partial charge in [0.15, 0.2) is 5.82 Å². The van der Waals surface area contributed by atoms with E-state index in [9.17, 15) is 8.42 Å². The Morgan fingerprint density at radius 2 is 1.94 bits per heavy atom. The number of hydrogen-bond acceptors (Lipinski definition) is 7. The minimum atomic E-state index is -3.62. The molecular formula is C21H32N6O3S. The summed E-state index contributed by atoms with van der Waals surface area (Å²) in [6, 6.07) is 5.66. The van der Waals surface area contributed by atoms with E-state index in [0.717, 1.165) is 32.1 Å². The number of likely N-dealkylation sites (N-methyl/N-ethyl adjacent to an activating group) is 1. The van der Waals surface area contributed by atoms with Crippen LogP contribution in [0.5, 0.6) is 0 Å². The van der Waals surface area contributed by atoms with Crippen LogP contribution in [-0.4, -0.2) is 78.7 Å². The molecule has 4 rings (SSSR count). The third kappa shape index (κ3) is 4.13. The Morgan fingerprint density at radius 1 is 1.16 bits per heavy atom. The van der Waals surface area contributed by atoms with Crippen molar-refractivity contribution in [1.82, 2.24) is 29.4 Å². The second-order valence-electron chi connectivity index (χ2n) is 8.72. The van der Waals surface area contributed by atoms with Gasteiger partial charge in [0.25, 0.3) is 0 Å². The highest BCUT2D eigenvalue weighted by Crippen LogP contribution is 2.37. The normalized spacial score (nSPS) is 22.6. The van der Waals surface area contributed by atoms with Crippen molar-refractivity contribution in [2.75, 3.05) is 40.9 Å². The molecule has 1 aromatic carbocycles. The van der Waals surface area contributed by atoms with E-state index in [1.165, 1.54) is 17.5 Å². The Balaban J connectivity index is 1.67. The number of hydrogen-bond donors (Lipinski definition) is 0. The van der Waals surface area contributed by atoms with Crippen LogP contribution in [0.3, 0.4) is 0 Å². The van der Waals surface area contributed by atoms with Gasteiger partial charge in [-0.1, -0.05) is 6.07 Å². The molecule has 0 saturated carbocycles. The predicted molar refractivity (Wildman–Crippen MR) is 116 cm³/mol. The molecule has 0 bridgehead atoms. The van der Waals surface area contributed by atoms with Crippen LogP contribution in [0.15, 0.2) is 23.1 Å². The SMILES string of the molecule is COCCn1nnnc1C1(N(C)C)CCCN(S(=O)(=O)c2ccc3c(c2)CCCC3)C1. The number of sulfonamides is 1. The van der Waals surface area contributed by atoms with Crippen LogP contribution in [0.1, 0.15) is 42.6 Å². The highest BCUT2D eigenvalue weighted by molar-refractivity contribution is 7.89. The van der Waals surface area contributed by atoms with Gasteiger partial charge in [-0.3, -0.25) is 4.90 Å². The fourth-order valence-electron chi connectivity index (χ4n) is 4.84. The maximum absolute atomic E-state index is 13.6. The maximum atomic E-state index is 13.6. The van der Waals surface area contributed by atoms with E-state index in [4.69, 9.17) is 4.74 Å². The first kappa shape index (κ1) is 22.3. The number of ether oxygens (including phenoxy) is 1. The average Bonchev–Trinajstić information content (AvgIpc) is 3.26. The molecule has 1 atom stereocenters. The van der Waals surface area contributed by atoms with Crippen LogP contribution in [0.4, 0.5) is 0 Å². The van der Waals surface area contributed by atoms with Crippen molar-refractivity contribution in [3.05, 3.63) is 35.2 Å². The van der Waals surface area contributed by atoms with E-state index in [2.05, 4.69) is 20.4 Å². The van der Waals surface area contributed by atoms with E-state index in [1.807, 2.05) is 26.2 Å². The maximum Gasteiger partial charge on any atom is 0.243 e. The van der Waals surface area contributed by atoms with E-state index >= 15 is 0 Å². The third-order valence-electron chi connectivity index (χ3n) is 6.70. The van der Waals surface area contributed by atoms with Crippen LogP contribution in [-0.2, 0) is 39.7 Å². The summed E-state index contributed by atoms with van der Waals surface area (Å²) in [5.41, 5.74) is 1.85. The Bertz CT molecular complexity index is 1020. The van der Waals surface area contributed by atoms with Gasteiger partial charge in [0.05, 0.1) is 23.6 Å². The molecule has 1 aromatic heterocycles. The summed E-state index contributed by atoms with van der Waals surface area (Å²) < 4.78 is 35.8. The molecule has 0 N–H and O–H groups in total. The number of aromatic nitrogens is 4. The van der Waals surface area contributed by atoms with Gasteiger partial charge in [-0.05, 0) is 86.3 Å². The first-order valence-electron chi connectivity index (χ1n) is 10.9. The summed E-state index contributed by atoms with van der Waals surface area (Å²) in [5, 5.41) is 12.3. The van der Waals surface area contributed by atoms with Gasteiger partial charge in [0.2, 0.25) is 10.0 Å². The average molecular weight is 449 g/mol. The highest BCUT2D eigenvalue weighted by Gasteiger charge is 2.46. The van der Waals surface area contributed by atoms with Crippen molar-refractivity contribution >= 4 is 10.0 Å². The number of benzene rings is 1. The Morgan fingerprint density at radius 3 is 2.68 bits per heavy atom. The number of piperidine rings is 1. The molecular weight excluding hydrogens is 416 g/mol. The lowest BCUT2D eigenvalue weighted by atomic mass is 9.88. The summed E-state index contributed by atoms with van der Waals surface area (Å²) in [5.74, 6) is 0.680. The summed E-state index contributed by atoms with van der Waals surface area (Å²) in [4.78, 5) is 2.44. The second-order valence-corrected chi connectivity index (χ2v) is 10.7. The zero-order valence-corrected chi connectivity index (χ0v) is 19.4. The minimum absolute atomic E-state index is 0.312. The van der Waals surface area contributed by atoms with Gasteiger partial charge in [0, 0.05) is 20.2 Å². The lowest BCUT2D eigenvalue weighted by Crippen LogP contribution is -2.56. The Hall–Kier alpha value is -1.88. The van der Waals surface area contributed by atoms with Gasteiger partial charge in [-0.2, -0.15) is 4.31 Å². The Labute approximate surface area is 184 Å². The summed E-state index contributed by atoms with van der Waals surface area (Å²) >= 11 is 0. The molecule has 1 saturated heterocycles. The fourth-order valence-corrected chi connectivity index (χ4v) is 6.42.